The van der Waals surface area contributed by atoms with Gasteiger partial charge < -0.3 is 9.47 Å². The Kier molecular flexibility index (Phi) is 3.28. The number of esters is 2. The van der Waals surface area contributed by atoms with Gasteiger partial charge in [0.25, 0.3) is 0 Å². The molecule has 1 rings (SSSR count). The number of rotatable bonds is 3. The Bertz CT molecular complexity index is 212. The van der Waals surface area contributed by atoms with Gasteiger partial charge in [0.05, 0.1) is 6.42 Å². The van der Waals surface area contributed by atoms with Crippen molar-refractivity contribution in [3.63, 3.8) is 0 Å². The molecule has 74 valence electrons. The molecule has 4 nitrogen and oxygen atoms in total. The molecule has 0 bridgehead atoms. The van der Waals surface area contributed by atoms with Gasteiger partial charge in [0.1, 0.15) is 12.7 Å². The minimum Gasteiger partial charge on any atom is -0.462 e. The highest BCUT2D eigenvalue weighted by Crippen LogP contribution is 2.25. The predicted molar refractivity (Wildman–Crippen MR) is 44.9 cm³/mol. The average molecular weight is 186 g/mol. The van der Waals surface area contributed by atoms with Crippen LogP contribution in [-0.4, -0.2) is 24.6 Å². The summed E-state index contributed by atoms with van der Waals surface area (Å²) in [5.74, 6) is -0.325. The Morgan fingerprint density at radius 1 is 1.69 bits per heavy atom. The van der Waals surface area contributed by atoms with Crippen LogP contribution in [0.15, 0.2) is 0 Å². The van der Waals surface area contributed by atoms with Gasteiger partial charge in [-0.3, -0.25) is 9.59 Å². The maximum atomic E-state index is 10.9. The molecule has 0 radical (unpaired) electrons. The molecule has 2 atom stereocenters. The zero-order chi connectivity index (χ0) is 9.84. The van der Waals surface area contributed by atoms with Crippen LogP contribution in [0.2, 0.25) is 0 Å². The maximum absolute atomic E-state index is 10.9. The lowest BCUT2D eigenvalue weighted by Gasteiger charge is -2.14. The van der Waals surface area contributed by atoms with Crippen LogP contribution in [0, 0.1) is 5.92 Å². The van der Waals surface area contributed by atoms with Gasteiger partial charge in [0.15, 0.2) is 0 Å². The van der Waals surface area contributed by atoms with Crippen molar-refractivity contribution in [3.8, 4) is 0 Å². The monoisotopic (exact) mass is 186 g/mol. The third kappa shape index (κ3) is 2.72. The fourth-order valence-electron chi connectivity index (χ4n) is 1.44. The van der Waals surface area contributed by atoms with Crippen molar-refractivity contribution >= 4 is 11.9 Å². The lowest BCUT2D eigenvalue weighted by Crippen LogP contribution is -2.23. The molecule has 0 spiro atoms. The molecule has 13 heavy (non-hydrogen) atoms. The van der Waals surface area contributed by atoms with Crippen molar-refractivity contribution in [2.24, 2.45) is 5.92 Å². The zero-order valence-electron chi connectivity index (χ0n) is 7.91. The van der Waals surface area contributed by atoms with Crippen LogP contribution in [-0.2, 0) is 19.1 Å². The van der Waals surface area contributed by atoms with E-state index >= 15 is 0 Å². The van der Waals surface area contributed by atoms with Crippen molar-refractivity contribution in [1.82, 2.24) is 0 Å². The molecule has 0 aromatic heterocycles. The molecule has 4 heteroatoms. The van der Waals surface area contributed by atoms with E-state index in [9.17, 15) is 9.59 Å². The second-order valence-corrected chi connectivity index (χ2v) is 3.20. The Labute approximate surface area is 77.2 Å². The lowest BCUT2D eigenvalue weighted by atomic mass is 9.99. The molecule has 1 aliphatic rings. The van der Waals surface area contributed by atoms with Crippen LogP contribution in [0.4, 0.5) is 0 Å². The van der Waals surface area contributed by atoms with Crippen LogP contribution in [0.3, 0.4) is 0 Å². The minimum absolute atomic E-state index is 0.191. The van der Waals surface area contributed by atoms with E-state index in [0.717, 1.165) is 6.42 Å². The van der Waals surface area contributed by atoms with E-state index in [1.807, 2.05) is 6.92 Å². The lowest BCUT2D eigenvalue weighted by molar-refractivity contribution is -0.152. The third-order valence-corrected chi connectivity index (χ3v) is 2.21. The summed E-state index contributed by atoms with van der Waals surface area (Å²) >= 11 is 0. The van der Waals surface area contributed by atoms with Gasteiger partial charge in [-0.15, -0.1) is 0 Å². The number of cyclic esters (lactones) is 1. The minimum atomic E-state index is -0.335. The number of carbonyl (C=O) groups is 2. The second kappa shape index (κ2) is 4.25. The predicted octanol–water partition coefficient (Wildman–Crippen LogP) is 0.891. The summed E-state index contributed by atoms with van der Waals surface area (Å²) in [6, 6.07) is 0. The highest BCUT2D eigenvalue weighted by molar-refractivity contribution is 5.72. The summed E-state index contributed by atoms with van der Waals surface area (Å²) in [6.45, 7) is 3.53. The molecule has 0 saturated carbocycles. The van der Waals surface area contributed by atoms with E-state index in [1.165, 1.54) is 6.92 Å². The molecule has 0 aromatic rings. The first-order valence-corrected chi connectivity index (χ1v) is 4.46. The molecular formula is C9H14O4. The van der Waals surface area contributed by atoms with Crippen LogP contribution in [0.1, 0.15) is 26.7 Å². The second-order valence-electron chi connectivity index (χ2n) is 3.20. The number of ether oxygens (including phenoxy) is 2. The molecule has 0 aromatic carbocycles. The van der Waals surface area contributed by atoms with Crippen LogP contribution < -0.4 is 0 Å². The normalized spacial score (nSPS) is 27.1. The zero-order valence-corrected chi connectivity index (χ0v) is 7.91. The standard InChI is InChI=1S/C9H14O4/c1-3-7-4-9(11)13-8(7)5-12-6(2)10/h7-8H,3-5H2,1-2H3/t7-,8+/m1/s1. The Morgan fingerprint density at radius 3 is 2.92 bits per heavy atom. The van der Waals surface area contributed by atoms with E-state index in [-0.39, 0.29) is 30.6 Å². The summed E-state index contributed by atoms with van der Waals surface area (Å²) < 4.78 is 9.79. The van der Waals surface area contributed by atoms with E-state index in [0.29, 0.717) is 6.42 Å². The summed E-state index contributed by atoms with van der Waals surface area (Å²) in [5, 5.41) is 0. The Morgan fingerprint density at radius 2 is 2.38 bits per heavy atom. The fourth-order valence-corrected chi connectivity index (χ4v) is 1.44. The Hall–Kier alpha value is -1.06. The SMILES string of the molecule is CC[C@@H]1CC(=O)O[C@H]1COC(C)=O. The maximum Gasteiger partial charge on any atom is 0.306 e. The number of hydrogen-bond donors (Lipinski definition) is 0. The molecule has 0 unspecified atom stereocenters. The summed E-state index contributed by atoms with van der Waals surface area (Å²) in [7, 11) is 0. The molecule has 0 N–H and O–H groups in total. The van der Waals surface area contributed by atoms with Gasteiger partial charge in [0.2, 0.25) is 0 Å². The third-order valence-electron chi connectivity index (χ3n) is 2.21. The fraction of sp³-hybridized carbons (Fsp3) is 0.778. The first-order valence-electron chi connectivity index (χ1n) is 4.46. The number of carbonyl (C=O) groups excluding carboxylic acids is 2. The van der Waals surface area contributed by atoms with Gasteiger partial charge in [-0.25, -0.2) is 0 Å². The molecule has 1 heterocycles. The van der Waals surface area contributed by atoms with Gasteiger partial charge in [0, 0.05) is 12.8 Å². The summed E-state index contributed by atoms with van der Waals surface area (Å²) in [4.78, 5) is 21.4. The van der Waals surface area contributed by atoms with Crippen molar-refractivity contribution in [1.29, 1.82) is 0 Å². The highest BCUT2D eigenvalue weighted by Gasteiger charge is 2.33. The molecule has 1 fully saturated rings. The summed E-state index contributed by atoms with van der Waals surface area (Å²) in [5.41, 5.74) is 0. The van der Waals surface area contributed by atoms with Crippen LogP contribution in [0.5, 0.6) is 0 Å². The topological polar surface area (TPSA) is 52.6 Å². The van der Waals surface area contributed by atoms with Crippen molar-refractivity contribution in [2.45, 2.75) is 32.8 Å². The van der Waals surface area contributed by atoms with E-state index in [4.69, 9.17) is 9.47 Å². The first kappa shape index (κ1) is 10.0. The average Bonchev–Trinajstić information content (AvgIpc) is 2.42. The van der Waals surface area contributed by atoms with E-state index < -0.39 is 0 Å². The molecule has 0 aliphatic carbocycles. The van der Waals surface area contributed by atoms with Gasteiger partial charge >= 0.3 is 11.9 Å². The molecule has 0 amide bonds. The smallest absolute Gasteiger partial charge is 0.306 e. The molecule has 1 saturated heterocycles. The quantitative estimate of drug-likeness (QED) is 0.614. The largest absolute Gasteiger partial charge is 0.462 e. The summed E-state index contributed by atoms with van der Waals surface area (Å²) in [6.07, 6.45) is 1.08. The van der Waals surface area contributed by atoms with Crippen molar-refractivity contribution < 1.29 is 19.1 Å². The van der Waals surface area contributed by atoms with Crippen molar-refractivity contribution in [3.05, 3.63) is 0 Å². The molecular weight excluding hydrogens is 172 g/mol. The van der Waals surface area contributed by atoms with Gasteiger partial charge in [-0.05, 0) is 6.42 Å². The Balaban J connectivity index is 2.39. The van der Waals surface area contributed by atoms with Crippen LogP contribution in [0.25, 0.3) is 0 Å². The van der Waals surface area contributed by atoms with Crippen molar-refractivity contribution in [2.75, 3.05) is 6.61 Å². The first-order chi connectivity index (χ1) is 6.13. The highest BCUT2D eigenvalue weighted by atomic mass is 16.6. The van der Waals surface area contributed by atoms with Gasteiger partial charge in [-0.2, -0.15) is 0 Å². The molecule has 1 aliphatic heterocycles. The number of hydrogen-bond acceptors (Lipinski definition) is 4. The van der Waals surface area contributed by atoms with E-state index in [2.05, 4.69) is 0 Å². The van der Waals surface area contributed by atoms with E-state index in [1.54, 1.807) is 0 Å². The van der Waals surface area contributed by atoms with Gasteiger partial charge in [-0.1, -0.05) is 6.92 Å². The van der Waals surface area contributed by atoms with Crippen LogP contribution >= 0.6 is 0 Å².